The zero-order valence-electron chi connectivity index (χ0n) is 13.4. The highest BCUT2D eigenvalue weighted by atomic mass is 16.5. The first-order chi connectivity index (χ1) is 9.87. The van der Waals surface area contributed by atoms with Gasteiger partial charge >= 0.3 is 0 Å². The maximum atomic E-state index is 12.1. The maximum absolute atomic E-state index is 12.1. The summed E-state index contributed by atoms with van der Waals surface area (Å²) in [6, 6.07) is 7.96. The van der Waals surface area contributed by atoms with Crippen LogP contribution in [0.25, 0.3) is 0 Å². The second-order valence-electron chi connectivity index (χ2n) is 6.74. The largest absolute Gasteiger partial charge is 0.493 e. The predicted molar refractivity (Wildman–Crippen MR) is 84.7 cm³/mol. The van der Waals surface area contributed by atoms with E-state index in [1.807, 2.05) is 45.9 Å². The number of amides is 1. The number of hydrogen-bond acceptors (Lipinski definition) is 3. The quantitative estimate of drug-likeness (QED) is 0.895. The van der Waals surface area contributed by atoms with Gasteiger partial charge in [0, 0.05) is 18.0 Å². The van der Waals surface area contributed by atoms with E-state index in [2.05, 4.69) is 16.7 Å². The molecule has 1 amide bonds. The van der Waals surface area contributed by atoms with Gasteiger partial charge in [-0.25, -0.2) is 0 Å². The molecule has 0 radical (unpaired) electrons. The number of carbonyl (C=O) groups excluding carboxylic acids is 1. The number of carbonyl (C=O) groups is 1. The molecule has 1 aromatic carbocycles. The normalized spacial score (nSPS) is 19.3. The van der Waals surface area contributed by atoms with Crippen molar-refractivity contribution in [3.63, 3.8) is 0 Å². The third-order valence-electron chi connectivity index (χ3n) is 3.64. The molecule has 2 N–H and O–H groups in total. The third kappa shape index (κ3) is 4.46. The number of nitrogens with one attached hydrogen (secondary N) is 2. The minimum absolute atomic E-state index is 0.0443. The highest BCUT2D eigenvalue weighted by Gasteiger charge is 2.23. The Bertz CT molecular complexity index is 494. The summed E-state index contributed by atoms with van der Waals surface area (Å²) < 4.78 is 5.67. The van der Waals surface area contributed by atoms with Crippen LogP contribution in [0.1, 0.15) is 45.6 Å². The predicted octanol–water partition coefficient (Wildman–Crippen LogP) is 2.45. The molecular formula is C17H26N2O2. The Hall–Kier alpha value is -1.55. The molecule has 0 saturated heterocycles. The fraction of sp³-hybridized carbons (Fsp3) is 0.588. The minimum Gasteiger partial charge on any atom is -0.493 e. The van der Waals surface area contributed by atoms with Gasteiger partial charge < -0.3 is 15.4 Å². The monoisotopic (exact) mass is 290 g/mol. The Balaban J connectivity index is 1.91. The average Bonchev–Trinajstić information content (AvgIpc) is 2.42. The van der Waals surface area contributed by atoms with Crippen LogP contribution in [0.15, 0.2) is 24.3 Å². The number of rotatable bonds is 4. The summed E-state index contributed by atoms with van der Waals surface area (Å²) in [5.74, 6) is 1.42. The van der Waals surface area contributed by atoms with Gasteiger partial charge in [-0.2, -0.15) is 0 Å². The molecule has 1 aliphatic rings. The lowest BCUT2D eigenvalue weighted by atomic mass is 9.93. The van der Waals surface area contributed by atoms with Crippen molar-refractivity contribution in [3.8, 4) is 5.75 Å². The Morgan fingerprint density at radius 2 is 2.10 bits per heavy atom. The SMILES string of the molecule is CC(NCC1CCOc2ccccc21)C(=O)NC(C)(C)C. The zero-order valence-corrected chi connectivity index (χ0v) is 13.4. The van der Waals surface area contributed by atoms with Crippen LogP contribution >= 0.6 is 0 Å². The molecule has 1 heterocycles. The average molecular weight is 290 g/mol. The summed E-state index contributed by atoms with van der Waals surface area (Å²) in [6.45, 7) is 9.42. The number of benzene rings is 1. The molecule has 0 aromatic heterocycles. The molecule has 1 aliphatic heterocycles. The summed E-state index contributed by atoms with van der Waals surface area (Å²) in [5.41, 5.74) is 1.04. The number of hydrogen-bond donors (Lipinski definition) is 2. The lowest BCUT2D eigenvalue weighted by Gasteiger charge is -2.28. The highest BCUT2D eigenvalue weighted by Crippen LogP contribution is 2.32. The van der Waals surface area contributed by atoms with Crippen LogP contribution in [0.2, 0.25) is 0 Å². The Kier molecular flexibility index (Phi) is 4.88. The number of fused-ring (bicyclic) bond motifs is 1. The van der Waals surface area contributed by atoms with Crippen molar-refractivity contribution in [2.24, 2.45) is 0 Å². The molecule has 0 spiro atoms. The van der Waals surface area contributed by atoms with Crippen LogP contribution < -0.4 is 15.4 Å². The summed E-state index contributed by atoms with van der Waals surface area (Å²) >= 11 is 0. The molecule has 2 rings (SSSR count). The molecule has 21 heavy (non-hydrogen) atoms. The molecule has 0 fully saturated rings. The summed E-state index contributed by atoms with van der Waals surface area (Å²) in [6.07, 6.45) is 0.984. The van der Waals surface area contributed by atoms with E-state index >= 15 is 0 Å². The van der Waals surface area contributed by atoms with Gasteiger partial charge in [0.05, 0.1) is 12.6 Å². The van der Waals surface area contributed by atoms with Gasteiger partial charge in [0.2, 0.25) is 5.91 Å². The second kappa shape index (κ2) is 6.48. The Morgan fingerprint density at radius 1 is 1.38 bits per heavy atom. The van der Waals surface area contributed by atoms with E-state index in [1.165, 1.54) is 5.56 Å². The maximum Gasteiger partial charge on any atom is 0.237 e. The number of para-hydroxylation sites is 1. The van der Waals surface area contributed by atoms with Gasteiger partial charge in [0.1, 0.15) is 5.75 Å². The lowest BCUT2D eigenvalue weighted by molar-refractivity contribution is -0.124. The van der Waals surface area contributed by atoms with E-state index in [4.69, 9.17) is 4.74 Å². The van der Waals surface area contributed by atoms with Crippen LogP contribution in [-0.2, 0) is 4.79 Å². The van der Waals surface area contributed by atoms with Crippen molar-refractivity contribution in [2.75, 3.05) is 13.2 Å². The van der Waals surface area contributed by atoms with Crippen molar-refractivity contribution in [1.29, 1.82) is 0 Å². The van der Waals surface area contributed by atoms with E-state index in [-0.39, 0.29) is 17.5 Å². The Morgan fingerprint density at radius 3 is 2.81 bits per heavy atom. The van der Waals surface area contributed by atoms with Gasteiger partial charge in [-0.3, -0.25) is 4.79 Å². The number of ether oxygens (including phenoxy) is 1. The smallest absolute Gasteiger partial charge is 0.237 e. The fourth-order valence-electron chi connectivity index (χ4n) is 2.52. The van der Waals surface area contributed by atoms with Crippen LogP contribution in [0.3, 0.4) is 0 Å². The Labute approximate surface area is 127 Å². The molecule has 116 valence electrons. The van der Waals surface area contributed by atoms with Crippen LogP contribution in [0, 0.1) is 0 Å². The molecular weight excluding hydrogens is 264 g/mol. The minimum atomic E-state index is -0.196. The van der Waals surface area contributed by atoms with E-state index in [0.717, 1.165) is 25.3 Å². The van der Waals surface area contributed by atoms with E-state index in [9.17, 15) is 4.79 Å². The topological polar surface area (TPSA) is 50.4 Å². The van der Waals surface area contributed by atoms with Crippen LogP contribution in [0.5, 0.6) is 5.75 Å². The molecule has 0 saturated carbocycles. The van der Waals surface area contributed by atoms with E-state index < -0.39 is 0 Å². The molecule has 2 unspecified atom stereocenters. The van der Waals surface area contributed by atoms with Gasteiger partial charge in [0.15, 0.2) is 0 Å². The molecule has 2 atom stereocenters. The highest BCUT2D eigenvalue weighted by molar-refractivity contribution is 5.81. The molecule has 1 aromatic rings. The molecule has 0 bridgehead atoms. The van der Waals surface area contributed by atoms with Crippen molar-refractivity contribution in [3.05, 3.63) is 29.8 Å². The second-order valence-corrected chi connectivity index (χ2v) is 6.74. The van der Waals surface area contributed by atoms with E-state index in [1.54, 1.807) is 0 Å². The first-order valence-corrected chi connectivity index (χ1v) is 7.64. The first kappa shape index (κ1) is 15.8. The van der Waals surface area contributed by atoms with Gasteiger partial charge in [-0.1, -0.05) is 18.2 Å². The van der Waals surface area contributed by atoms with Crippen molar-refractivity contribution in [2.45, 2.75) is 51.6 Å². The van der Waals surface area contributed by atoms with Crippen LogP contribution in [0.4, 0.5) is 0 Å². The fourth-order valence-corrected chi connectivity index (χ4v) is 2.52. The van der Waals surface area contributed by atoms with E-state index in [0.29, 0.717) is 5.92 Å². The van der Waals surface area contributed by atoms with Gasteiger partial charge in [-0.15, -0.1) is 0 Å². The van der Waals surface area contributed by atoms with Crippen molar-refractivity contribution in [1.82, 2.24) is 10.6 Å². The van der Waals surface area contributed by atoms with Crippen molar-refractivity contribution < 1.29 is 9.53 Å². The van der Waals surface area contributed by atoms with Gasteiger partial charge in [0.25, 0.3) is 0 Å². The standard InChI is InChI=1S/C17H26N2O2/c1-12(16(20)19-17(2,3)4)18-11-13-9-10-21-15-8-6-5-7-14(13)15/h5-8,12-13,18H,9-11H2,1-4H3,(H,19,20). The third-order valence-corrected chi connectivity index (χ3v) is 3.64. The summed E-state index contributed by atoms with van der Waals surface area (Å²) in [7, 11) is 0. The molecule has 4 nitrogen and oxygen atoms in total. The van der Waals surface area contributed by atoms with Gasteiger partial charge in [-0.05, 0) is 45.7 Å². The summed E-state index contributed by atoms with van der Waals surface area (Å²) in [4.78, 5) is 12.1. The zero-order chi connectivity index (χ0) is 15.5. The summed E-state index contributed by atoms with van der Waals surface area (Å²) in [5, 5.41) is 6.35. The molecule has 4 heteroatoms. The van der Waals surface area contributed by atoms with Crippen molar-refractivity contribution >= 4 is 5.91 Å². The molecule has 0 aliphatic carbocycles. The van der Waals surface area contributed by atoms with Crippen LogP contribution in [-0.4, -0.2) is 30.6 Å². The lowest BCUT2D eigenvalue weighted by Crippen LogP contribution is -2.50. The first-order valence-electron chi connectivity index (χ1n) is 7.64.